The van der Waals surface area contributed by atoms with Gasteiger partial charge < -0.3 is 4.74 Å². The van der Waals surface area contributed by atoms with Gasteiger partial charge in [-0.25, -0.2) is 4.98 Å². The number of halogens is 2. The zero-order chi connectivity index (χ0) is 9.84. The Bertz CT molecular complexity index is 296. The highest BCUT2D eigenvalue weighted by Gasteiger charge is 2.07. The molecule has 0 saturated carbocycles. The van der Waals surface area contributed by atoms with Gasteiger partial charge in [-0.1, -0.05) is 11.8 Å². The fraction of sp³-hybridized carbons (Fsp3) is 0.429. The highest BCUT2D eigenvalue weighted by molar-refractivity contribution is 7.98. The van der Waals surface area contributed by atoms with Crippen molar-refractivity contribution in [3.8, 4) is 5.88 Å². The minimum Gasteiger partial charge on any atom is -0.417 e. The second-order valence-electron chi connectivity index (χ2n) is 2.21. The molecular weight excluding hydrogens is 198 g/mol. The molecule has 0 N–H and O–H groups in total. The van der Waals surface area contributed by atoms with Crippen molar-refractivity contribution in [3.05, 3.63) is 11.8 Å². The van der Waals surface area contributed by atoms with Gasteiger partial charge in [-0.2, -0.15) is 13.8 Å². The summed E-state index contributed by atoms with van der Waals surface area (Å²) in [6.45, 7) is -1.15. The molecule has 0 atom stereocenters. The Morgan fingerprint density at radius 2 is 2.15 bits per heavy atom. The van der Waals surface area contributed by atoms with Crippen molar-refractivity contribution in [2.45, 2.75) is 18.7 Å². The lowest BCUT2D eigenvalue weighted by Crippen LogP contribution is -2.05. The van der Waals surface area contributed by atoms with Crippen LogP contribution in [0.15, 0.2) is 11.2 Å². The average molecular weight is 206 g/mol. The Labute approximate surface area is 78.5 Å². The molecule has 0 fully saturated rings. The Kier molecular flexibility index (Phi) is 3.41. The predicted molar refractivity (Wildman–Crippen MR) is 45.2 cm³/mol. The largest absolute Gasteiger partial charge is 0.417 e. The molecular formula is C7H8F2N2OS. The van der Waals surface area contributed by atoms with Crippen LogP contribution in [-0.2, 0) is 0 Å². The number of alkyl halides is 2. The van der Waals surface area contributed by atoms with Crippen LogP contribution in [0.2, 0.25) is 0 Å². The number of aromatic nitrogens is 2. The molecule has 72 valence electrons. The van der Waals surface area contributed by atoms with Gasteiger partial charge in [0.1, 0.15) is 0 Å². The molecule has 0 aliphatic heterocycles. The van der Waals surface area contributed by atoms with E-state index in [0.29, 0.717) is 10.9 Å². The van der Waals surface area contributed by atoms with Crippen molar-refractivity contribution in [3.63, 3.8) is 0 Å². The summed E-state index contributed by atoms with van der Waals surface area (Å²) in [5.41, 5.74) is 0.606. The lowest BCUT2D eigenvalue weighted by Gasteiger charge is -2.04. The number of hydrogen-bond donors (Lipinski definition) is 0. The third-order valence-corrected chi connectivity index (χ3v) is 1.75. The second kappa shape index (κ2) is 4.36. The first-order valence-electron chi connectivity index (χ1n) is 3.46. The maximum absolute atomic E-state index is 11.8. The molecule has 0 aliphatic carbocycles. The predicted octanol–water partition coefficient (Wildman–Crippen LogP) is 2.11. The van der Waals surface area contributed by atoms with E-state index in [0.717, 1.165) is 0 Å². The average Bonchev–Trinajstić information content (AvgIpc) is 2.01. The molecule has 0 aromatic carbocycles. The van der Waals surface area contributed by atoms with Crippen LogP contribution in [0.4, 0.5) is 8.78 Å². The highest BCUT2D eigenvalue weighted by atomic mass is 32.2. The molecule has 0 unspecified atom stereocenters. The molecule has 0 aliphatic rings. The van der Waals surface area contributed by atoms with Crippen LogP contribution >= 0.6 is 11.8 Å². The van der Waals surface area contributed by atoms with Gasteiger partial charge in [0.05, 0.1) is 0 Å². The molecule has 1 heterocycles. The van der Waals surface area contributed by atoms with Crippen molar-refractivity contribution in [2.75, 3.05) is 6.26 Å². The molecule has 13 heavy (non-hydrogen) atoms. The van der Waals surface area contributed by atoms with Gasteiger partial charge >= 0.3 is 6.61 Å². The zero-order valence-corrected chi connectivity index (χ0v) is 7.94. The van der Waals surface area contributed by atoms with Gasteiger partial charge in [0.15, 0.2) is 5.16 Å². The summed E-state index contributed by atoms with van der Waals surface area (Å²) in [6, 6.07) is 1.37. The number of hydrogen-bond acceptors (Lipinski definition) is 4. The summed E-state index contributed by atoms with van der Waals surface area (Å²) in [5, 5.41) is 0.427. The molecule has 0 bridgehead atoms. The molecule has 0 amide bonds. The first kappa shape index (κ1) is 10.2. The Morgan fingerprint density at radius 3 is 2.69 bits per heavy atom. The Morgan fingerprint density at radius 1 is 1.46 bits per heavy atom. The standard InChI is InChI=1S/C7H8F2N2OS/c1-4-3-5(12-6(8)9)11-7(10-4)13-2/h3,6H,1-2H3. The molecule has 6 heteroatoms. The van der Waals surface area contributed by atoms with Gasteiger partial charge in [0.25, 0.3) is 0 Å². The normalized spacial score (nSPS) is 10.5. The van der Waals surface area contributed by atoms with E-state index in [4.69, 9.17) is 0 Å². The molecule has 1 aromatic heterocycles. The third kappa shape index (κ3) is 3.14. The Hall–Kier alpha value is -0.910. The molecule has 3 nitrogen and oxygen atoms in total. The van der Waals surface area contributed by atoms with Crippen LogP contribution in [0.1, 0.15) is 5.69 Å². The second-order valence-corrected chi connectivity index (χ2v) is 2.99. The fourth-order valence-electron chi connectivity index (χ4n) is 0.756. The lowest BCUT2D eigenvalue weighted by molar-refractivity contribution is -0.0533. The van der Waals surface area contributed by atoms with Crippen LogP contribution in [0.5, 0.6) is 5.88 Å². The molecule has 1 rings (SSSR count). The number of aryl methyl sites for hydroxylation is 1. The Balaban J connectivity index is 2.88. The topological polar surface area (TPSA) is 35.0 Å². The van der Waals surface area contributed by atoms with E-state index < -0.39 is 6.61 Å². The van der Waals surface area contributed by atoms with Gasteiger partial charge in [0.2, 0.25) is 5.88 Å². The molecule has 1 aromatic rings. The van der Waals surface area contributed by atoms with Crippen molar-refractivity contribution in [2.24, 2.45) is 0 Å². The quantitative estimate of drug-likeness (QED) is 0.560. The van der Waals surface area contributed by atoms with E-state index in [9.17, 15) is 8.78 Å². The number of rotatable bonds is 3. The van der Waals surface area contributed by atoms with Crippen molar-refractivity contribution >= 4 is 11.8 Å². The van der Waals surface area contributed by atoms with Crippen LogP contribution < -0.4 is 4.74 Å². The molecule has 0 saturated heterocycles. The van der Waals surface area contributed by atoms with E-state index in [1.807, 2.05) is 0 Å². The number of thioether (sulfide) groups is 1. The van der Waals surface area contributed by atoms with E-state index >= 15 is 0 Å². The van der Waals surface area contributed by atoms with Gasteiger partial charge in [-0.15, -0.1) is 0 Å². The summed E-state index contributed by atoms with van der Waals surface area (Å²) in [4.78, 5) is 7.73. The van der Waals surface area contributed by atoms with Gasteiger partial charge in [-0.3, -0.25) is 0 Å². The minimum atomic E-state index is -2.84. The van der Waals surface area contributed by atoms with E-state index in [1.165, 1.54) is 17.8 Å². The third-order valence-electron chi connectivity index (χ3n) is 1.20. The lowest BCUT2D eigenvalue weighted by atomic mass is 10.4. The monoisotopic (exact) mass is 206 g/mol. The fourth-order valence-corrected chi connectivity index (χ4v) is 1.17. The van der Waals surface area contributed by atoms with Crippen LogP contribution in [0, 0.1) is 6.92 Å². The number of ether oxygens (including phenoxy) is 1. The smallest absolute Gasteiger partial charge is 0.388 e. The first-order chi connectivity index (χ1) is 6.11. The summed E-state index contributed by atoms with van der Waals surface area (Å²) in [5.74, 6) is -0.0909. The summed E-state index contributed by atoms with van der Waals surface area (Å²) >= 11 is 1.28. The maximum Gasteiger partial charge on any atom is 0.388 e. The molecule has 0 radical (unpaired) electrons. The van der Waals surface area contributed by atoms with Gasteiger partial charge in [0, 0.05) is 11.8 Å². The van der Waals surface area contributed by atoms with Crippen LogP contribution in [0.25, 0.3) is 0 Å². The SMILES string of the molecule is CSc1nc(C)cc(OC(F)F)n1. The van der Waals surface area contributed by atoms with E-state index in [1.54, 1.807) is 13.2 Å². The van der Waals surface area contributed by atoms with Crippen molar-refractivity contribution in [1.82, 2.24) is 9.97 Å². The summed E-state index contributed by atoms with van der Waals surface area (Å²) < 4.78 is 27.7. The maximum atomic E-state index is 11.8. The molecule has 0 spiro atoms. The summed E-state index contributed by atoms with van der Waals surface area (Å²) in [6.07, 6.45) is 1.76. The number of nitrogens with zero attached hydrogens (tertiary/aromatic N) is 2. The van der Waals surface area contributed by atoms with Gasteiger partial charge in [-0.05, 0) is 13.2 Å². The van der Waals surface area contributed by atoms with E-state index in [-0.39, 0.29) is 5.88 Å². The zero-order valence-electron chi connectivity index (χ0n) is 7.12. The van der Waals surface area contributed by atoms with E-state index in [2.05, 4.69) is 14.7 Å². The van der Waals surface area contributed by atoms with Crippen molar-refractivity contribution in [1.29, 1.82) is 0 Å². The first-order valence-corrected chi connectivity index (χ1v) is 4.69. The minimum absolute atomic E-state index is 0.0909. The van der Waals surface area contributed by atoms with Crippen LogP contribution in [-0.4, -0.2) is 22.8 Å². The van der Waals surface area contributed by atoms with Crippen molar-refractivity contribution < 1.29 is 13.5 Å². The highest BCUT2D eigenvalue weighted by Crippen LogP contribution is 2.16. The van der Waals surface area contributed by atoms with Crippen LogP contribution in [0.3, 0.4) is 0 Å². The summed E-state index contributed by atoms with van der Waals surface area (Å²) in [7, 11) is 0.